The summed E-state index contributed by atoms with van der Waals surface area (Å²) >= 11 is 7.73. The number of hydrogen-bond acceptors (Lipinski definition) is 3. The zero-order chi connectivity index (χ0) is 22.6. The van der Waals surface area contributed by atoms with E-state index >= 15 is 0 Å². The van der Waals surface area contributed by atoms with E-state index in [0.717, 1.165) is 36.3 Å². The molecular weight excluding hydrogens is 440 g/mol. The predicted molar refractivity (Wildman–Crippen MR) is 131 cm³/mol. The van der Waals surface area contributed by atoms with Crippen LogP contribution in [0, 0.1) is 26.7 Å². The molecule has 0 bridgehead atoms. The summed E-state index contributed by atoms with van der Waals surface area (Å²) in [6.45, 7) is 6.75. The quantitative estimate of drug-likeness (QED) is 0.483. The van der Waals surface area contributed by atoms with E-state index in [4.69, 9.17) is 11.6 Å². The average molecular weight is 466 g/mol. The number of nitrogens with zero attached hydrogens (tertiary/aromatic N) is 2. The third kappa shape index (κ3) is 3.52. The summed E-state index contributed by atoms with van der Waals surface area (Å²) in [7, 11) is 0. The molecule has 3 amide bonds. The topological polar surface area (TPSA) is 40.4 Å². The van der Waals surface area contributed by atoms with Crippen molar-refractivity contribution < 1.29 is 14.2 Å². The van der Waals surface area contributed by atoms with E-state index in [2.05, 4.69) is 32.9 Å². The second-order valence-electron chi connectivity index (χ2n) is 8.92. The fraction of sp³-hybridized carbons (Fsp3) is 0.346. The zero-order valence-corrected chi connectivity index (χ0v) is 20.1. The first kappa shape index (κ1) is 21.5. The molecule has 0 saturated heterocycles. The SMILES string of the molecule is Cc1cc(C)c(C[N+]2=C3SC4=C(CCCC4)C3C(=O)N(c3ccc(Cl)cc3)C2=O)c(C)c1. The average Bonchev–Trinajstić information content (AvgIpc) is 3.13. The molecule has 5 rings (SSSR count). The largest absolute Gasteiger partial charge is 0.506 e. The molecule has 0 radical (unpaired) electrons. The number of allylic oxidation sites excluding steroid dienone is 1. The molecule has 2 aromatic rings. The Morgan fingerprint density at radius 1 is 1.03 bits per heavy atom. The van der Waals surface area contributed by atoms with Gasteiger partial charge in [0.15, 0.2) is 11.0 Å². The van der Waals surface area contributed by atoms with Crippen LogP contribution in [0.15, 0.2) is 46.9 Å². The summed E-state index contributed by atoms with van der Waals surface area (Å²) in [5.41, 5.74) is 6.48. The molecule has 0 N–H and O–H groups in total. The monoisotopic (exact) mass is 465 g/mol. The third-order valence-electron chi connectivity index (χ3n) is 6.68. The van der Waals surface area contributed by atoms with Gasteiger partial charge < -0.3 is 0 Å². The summed E-state index contributed by atoms with van der Waals surface area (Å²) in [5.74, 6) is -0.491. The number of aryl methyl sites for hydroxylation is 3. The van der Waals surface area contributed by atoms with E-state index in [1.807, 2.05) is 4.58 Å². The third-order valence-corrected chi connectivity index (χ3v) is 8.31. The van der Waals surface area contributed by atoms with E-state index in [9.17, 15) is 9.59 Å². The molecule has 0 fully saturated rings. The fourth-order valence-corrected chi connectivity index (χ4v) is 6.74. The molecule has 0 spiro atoms. The Hall–Kier alpha value is -2.37. The van der Waals surface area contributed by atoms with Crippen molar-refractivity contribution in [3.8, 4) is 0 Å². The van der Waals surface area contributed by atoms with Crippen molar-refractivity contribution >= 4 is 46.0 Å². The molecule has 6 heteroatoms. The van der Waals surface area contributed by atoms with Crippen molar-refractivity contribution in [3.05, 3.63) is 74.2 Å². The highest BCUT2D eigenvalue weighted by molar-refractivity contribution is 8.17. The van der Waals surface area contributed by atoms with Gasteiger partial charge in [-0.05, 0) is 97.9 Å². The maximum Gasteiger partial charge on any atom is 0.506 e. The Kier molecular flexibility index (Phi) is 5.50. The summed E-state index contributed by atoms with van der Waals surface area (Å²) in [6, 6.07) is 11.0. The Bertz CT molecular complexity index is 1190. The number of benzene rings is 2. The fourth-order valence-electron chi connectivity index (χ4n) is 5.15. The molecule has 2 heterocycles. The first-order valence-electron chi connectivity index (χ1n) is 11.1. The second kappa shape index (κ2) is 8.20. The van der Waals surface area contributed by atoms with Gasteiger partial charge in [0.05, 0.1) is 0 Å². The molecule has 164 valence electrons. The van der Waals surface area contributed by atoms with Gasteiger partial charge >= 0.3 is 11.9 Å². The molecule has 0 saturated carbocycles. The highest BCUT2D eigenvalue weighted by Gasteiger charge is 2.54. The molecule has 0 aromatic heterocycles. The molecular formula is C26H26ClN2O2S+. The van der Waals surface area contributed by atoms with Crippen LogP contribution in [-0.4, -0.2) is 21.6 Å². The number of carbonyl (C=O) groups is 2. The Balaban J connectivity index is 1.65. The molecule has 2 aliphatic heterocycles. The van der Waals surface area contributed by atoms with Crippen molar-refractivity contribution in [1.29, 1.82) is 0 Å². The number of thioether (sulfide) groups is 1. The van der Waals surface area contributed by atoms with Gasteiger partial charge in [0.2, 0.25) is 0 Å². The van der Waals surface area contributed by atoms with Gasteiger partial charge in [-0.25, -0.2) is 4.79 Å². The minimum absolute atomic E-state index is 0.139. The van der Waals surface area contributed by atoms with Crippen LogP contribution in [0.5, 0.6) is 0 Å². The predicted octanol–water partition coefficient (Wildman–Crippen LogP) is 6.53. The number of urea groups is 1. The lowest BCUT2D eigenvalue weighted by atomic mass is 9.88. The lowest BCUT2D eigenvalue weighted by Crippen LogP contribution is -2.53. The van der Waals surface area contributed by atoms with Gasteiger partial charge in [-0.1, -0.05) is 41.1 Å². The van der Waals surface area contributed by atoms with Crippen LogP contribution in [0.25, 0.3) is 0 Å². The van der Waals surface area contributed by atoms with Crippen molar-refractivity contribution in [3.63, 3.8) is 0 Å². The van der Waals surface area contributed by atoms with Crippen molar-refractivity contribution in [2.45, 2.75) is 53.0 Å². The van der Waals surface area contributed by atoms with E-state index in [0.29, 0.717) is 17.3 Å². The second-order valence-corrected chi connectivity index (χ2v) is 10.5. The Labute approximate surface area is 198 Å². The smallest absolute Gasteiger partial charge is 0.245 e. The maximum absolute atomic E-state index is 13.8. The van der Waals surface area contributed by atoms with Crippen LogP contribution in [0.1, 0.15) is 47.9 Å². The first-order valence-corrected chi connectivity index (χ1v) is 12.3. The number of imide groups is 1. The van der Waals surface area contributed by atoms with E-state index in [-0.39, 0.29) is 17.9 Å². The van der Waals surface area contributed by atoms with Crippen LogP contribution in [0.4, 0.5) is 10.5 Å². The van der Waals surface area contributed by atoms with Crippen LogP contribution < -0.4 is 4.90 Å². The van der Waals surface area contributed by atoms with Crippen LogP contribution in [0.3, 0.4) is 0 Å². The molecule has 1 atom stereocenters. The van der Waals surface area contributed by atoms with Gasteiger partial charge in [-0.15, -0.1) is 4.90 Å². The number of carbonyl (C=O) groups excluding carboxylic acids is 2. The van der Waals surface area contributed by atoms with Crippen LogP contribution >= 0.6 is 23.4 Å². The molecule has 32 heavy (non-hydrogen) atoms. The van der Waals surface area contributed by atoms with Gasteiger partial charge in [-0.3, -0.25) is 0 Å². The highest BCUT2D eigenvalue weighted by Crippen LogP contribution is 2.48. The molecule has 2 aromatic carbocycles. The van der Waals surface area contributed by atoms with E-state index in [1.165, 1.54) is 32.1 Å². The van der Waals surface area contributed by atoms with Crippen LogP contribution in [-0.2, 0) is 11.3 Å². The number of halogens is 1. The molecule has 1 unspecified atom stereocenters. The minimum atomic E-state index is -0.352. The van der Waals surface area contributed by atoms with E-state index < -0.39 is 0 Å². The van der Waals surface area contributed by atoms with Gasteiger partial charge in [0, 0.05) is 5.02 Å². The lowest BCUT2D eigenvalue weighted by Gasteiger charge is -2.26. The van der Waals surface area contributed by atoms with Crippen molar-refractivity contribution in [1.82, 2.24) is 0 Å². The van der Waals surface area contributed by atoms with E-state index in [1.54, 1.807) is 36.0 Å². The van der Waals surface area contributed by atoms with Crippen LogP contribution in [0.2, 0.25) is 5.02 Å². The summed E-state index contributed by atoms with van der Waals surface area (Å²) in [6.07, 6.45) is 4.17. The molecule has 1 aliphatic carbocycles. The lowest BCUT2D eigenvalue weighted by molar-refractivity contribution is -0.443. The van der Waals surface area contributed by atoms with Gasteiger partial charge in [0.25, 0.3) is 0 Å². The molecule has 3 aliphatic rings. The van der Waals surface area contributed by atoms with Crippen molar-refractivity contribution in [2.75, 3.05) is 4.90 Å². The Morgan fingerprint density at radius 2 is 1.69 bits per heavy atom. The normalized spacial score (nSPS) is 20.8. The number of fused-ring (bicyclic) bond motifs is 2. The zero-order valence-electron chi connectivity index (χ0n) is 18.6. The van der Waals surface area contributed by atoms with Gasteiger partial charge in [-0.2, -0.15) is 9.37 Å². The summed E-state index contributed by atoms with van der Waals surface area (Å²) in [5, 5.41) is 1.46. The minimum Gasteiger partial charge on any atom is -0.245 e. The summed E-state index contributed by atoms with van der Waals surface area (Å²) in [4.78, 5) is 30.2. The van der Waals surface area contributed by atoms with Crippen molar-refractivity contribution in [2.24, 2.45) is 5.92 Å². The highest BCUT2D eigenvalue weighted by atomic mass is 35.5. The Morgan fingerprint density at radius 3 is 2.38 bits per heavy atom. The number of hydrogen-bond donors (Lipinski definition) is 0. The number of amides is 3. The maximum atomic E-state index is 13.8. The first-order chi connectivity index (χ1) is 15.3. The summed E-state index contributed by atoms with van der Waals surface area (Å²) < 4.78 is 1.84. The number of rotatable bonds is 3. The molecule has 4 nitrogen and oxygen atoms in total. The van der Waals surface area contributed by atoms with Gasteiger partial charge in [0.1, 0.15) is 12.2 Å². The standard InChI is InChI=1S/C26H26ClN2O2S/c1-15-12-16(2)21(17(3)13-15)14-28-25-23(20-6-4-5-7-22(20)32-25)24(30)29(26(28)31)19-10-8-18(27)9-11-19/h8-13,23H,4-7,14H2,1-3H3/q+1. The number of anilines is 1.